The first-order valence-electron chi connectivity index (χ1n) is 9.98. The van der Waals surface area contributed by atoms with Crippen LogP contribution in [0.15, 0.2) is 48.7 Å². The topological polar surface area (TPSA) is 110 Å². The molecule has 2 aliphatic rings. The number of para-hydroxylation sites is 1. The number of nitrogens with one attached hydrogen (secondary N) is 1. The van der Waals surface area contributed by atoms with Crippen molar-refractivity contribution in [2.75, 3.05) is 16.8 Å². The van der Waals surface area contributed by atoms with Gasteiger partial charge in [0, 0.05) is 17.7 Å². The summed E-state index contributed by atoms with van der Waals surface area (Å²) in [6.07, 6.45) is 1.57. The second-order valence-corrected chi connectivity index (χ2v) is 8.11. The van der Waals surface area contributed by atoms with Crippen molar-refractivity contribution in [2.24, 2.45) is 5.73 Å². The molecule has 0 bridgehead atoms. The highest BCUT2D eigenvalue weighted by Gasteiger charge is 2.57. The van der Waals surface area contributed by atoms with Gasteiger partial charge in [0.1, 0.15) is 17.8 Å². The number of nitrogens with zero attached hydrogens (tertiary/aromatic N) is 3. The number of primary amides is 1. The first kappa shape index (κ1) is 19.0. The highest BCUT2D eigenvalue weighted by atomic mass is 16.2. The van der Waals surface area contributed by atoms with Crippen LogP contribution in [-0.2, 0) is 19.8 Å². The zero-order valence-corrected chi connectivity index (χ0v) is 17.2. The van der Waals surface area contributed by atoms with Gasteiger partial charge in [-0.1, -0.05) is 35.9 Å². The van der Waals surface area contributed by atoms with Crippen LogP contribution in [0.1, 0.15) is 28.7 Å². The van der Waals surface area contributed by atoms with E-state index in [2.05, 4.69) is 10.4 Å². The second kappa shape index (κ2) is 6.53. The van der Waals surface area contributed by atoms with Crippen molar-refractivity contribution in [3.8, 4) is 5.69 Å². The van der Waals surface area contributed by atoms with Crippen LogP contribution in [-0.4, -0.2) is 34.0 Å². The first-order valence-corrected chi connectivity index (χ1v) is 9.98. The number of aryl methyl sites for hydroxylation is 2. The number of fused-ring (bicyclic) bond motifs is 4. The van der Waals surface area contributed by atoms with Gasteiger partial charge in [-0.05, 0) is 37.1 Å². The van der Waals surface area contributed by atoms with Gasteiger partial charge in [-0.25, -0.2) is 4.68 Å². The summed E-state index contributed by atoms with van der Waals surface area (Å²) in [5.74, 6) is -0.786. The number of amides is 3. The number of carbonyl (C=O) groups excluding carboxylic acids is 3. The van der Waals surface area contributed by atoms with Crippen molar-refractivity contribution < 1.29 is 14.4 Å². The molecule has 8 nitrogen and oxygen atoms in total. The number of aromatic nitrogens is 2. The molecule has 3 N–H and O–H groups in total. The summed E-state index contributed by atoms with van der Waals surface area (Å²) in [5.41, 5.74) is 8.96. The molecule has 1 spiro atoms. The third kappa shape index (κ3) is 2.61. The Morgan fingerprint density at radius 3 is 2.65 bits per heavy atom. The highest BCUT2D eigenvalue weighted by molar-refractivity contribution is 6.17. The smallest absolute Gasteiger partial charge is 0.243 e. The summed E-state index contributed by atoms with van der Waals surface area (Å²) < 4.78 is 1.66. The Morgan fingerprint density at radius 2 is 1.90 bits per heavy atom. The molecule has 3 amide bonds. The lowest BCUT2D eigenvalue weighted by molar-refractivity contribution is -0.127. The average molecular weight is 415 g/mol. The van der Waals surface area contributed by atoms with E-state index < -0.39 is 11.3 Å². The summed E-state index contributed by atoms with van der Waals surface area (Å²) >= 11 is 0. The van der Waals surface area contributed by atoms with Crippen LogP contribution in [0, 0.1) is 13.8 Å². The number of rotatable bonds is 3. The fraction of sp³-hybridized carbons (Fsp3) is 0.217. The van der Waals surface area contributed by atoms with Crippen molar-refractivity contribution in [1.82, 2.24) is 9.78 Å². The zero-order chi connectivity index (χ0) is 21.9. The molecule has 5 rings (SSSR count). The minimum atomic E-state index is -1.25. The van der Waals surface area contributed by atoms with Crippen molar-refractivity contribution in [2.45, 2.75) is 25.7 Å². The Hall–Kier alpha value is -3.94. The molecule has 0 aliphatic carbocycles. The minimum absolute atomic E-state index is 0.0658. The van der Waals surface area contributed by atoms with Gasteiger partial charge >= 0.3 is 0 Å². The van der Waals surface area contributed by atoms with Gasteiger partial charge in [0.25, 0.3) is 0 Å². The van der Waals surface area contributed by atoms with E-state index in [1.165, 1.54) is 4.90 Å². The normalized spacial score (nSPS) is 19.4. The zero-order valence-electron chi connectivity index (χ0n) is 17.2. The van der Waals surface area contributed by atoms with Crippen LogP contribution in [0.2, 0.25) is 0 Å². The molecule has 31 heavy (non-hydrogen) atoms. The van der Waals surface area contributed by atoms with E-state index in [9.17, 15) is 14.4 Å². The van der Waals surface area contributed by atoms with Crippen molar-refractivity contribution >= 4 is 29.2 Å². The Labute approximate surface area is 178 Å². The number of benzene rings is 2. The molecule has 2 aliphatic heterocycles. The molecule has 0 saturated carbocycles. The quantitative estimate of drug-likeness (QED) is 0.681. The second-order valence-electron chi connectivity index (χ2n) is 8.11. The molecule has 2 aromatic carbocycles. The first-order chi connectivity index (χ1) is 14.8. The van der Waals surface area contributed by atoms with Crippen molar-refractivity contribution in [3.05, 3.63) is 70.9 Å². The number of nitrogens with two attached hydrogens (primary N) is 1. The van der Waals surface area contributed by atoms with E-state index in [0.717, 1.165) is 16.8 Å². The van der Waals surface area contributed by atoms with Gasteiger partial charge in [0.15, 0.2) is 0 Å². The van der Waals surface area contributed by atoms with E-state index in [-0.39, 0.29) is 24.8 Å². The molecular weight excluding hydrogens is 394 g/mol. The SMILES string of the molecule is Cc1ccc(-n2ncc3c2NC(=O)C[C@@]32C(=O)N(CC(N)=O)c3ccccc32)c(C)c1. The maximum atomic E-state index is 13.7. The predicted molar refractivity (Wildman–Crippen MR) is 115 cm³/mol. The Bertz CT molecular complexity index is 1280. The van der Waals surface area contributed by atoms with Crippen LogP contribution >= 0.6 is 0 Å². The molecule has 1 aromatic heterocycles. The van der Waals surface area contributed by atoms with E-state index >= 15 is 0 Å². The van der Waals surface area contributed by atoms with E-state index in [1.54, 1.807) is 23.0 Å². The van der Waals surface area contributed by atoms with E-state index in [1.807, 2.05) is 44.2 Å². The van der Waals surface area contributed by atoms with Gasteiger partial charge in [0.05, 0.1) is 11.9 Å². The molecule has 3 aromatic rings. The standard InChI is InChI=1S/C23H21N5O3/c1-13-7-8-17(14(2)9-13)28-21-16(11-25-28)23(10-20(30)26-21)15-5-3-4-6-18(15)27(22(23)31)12-19(24)29/h3-9,11H,10,12H2,1-2H3,(H2,24,29)(H,26,30)/t23-/m0/s1. The maximum absolute atomic E-state index is 13.7. The molecule has 0 unspecified atom stereocenters. The van der Waals surface area contributed by atoms with Gasteiger partial charge in [-0.2, -0.15) is 5.10 Å². The van der Waals surface area contributed by atoms with E-state index in [4.69, 9.17) is 5.73 Å². The number of carbonyl (C=O) groups is 3. The van der Waals surface area contributed by atoms with Gasteiger partial charge in [-0.3, -0.25) is 14.4 Å². The van der Waals surface area contributed by atoms with Crippen LogP contribution in [0.4, 0.5) is 11.5 Å². The Balaban J connectivity index is 1.75. The van der Waals surface area contributed by atoms with Crippen molar-refractivity contribution in [1.29, 1.82) is 0 Å². The lowest BCUT2D eigenvalue weighted by Gasteiger charge is -2.32. The Kier molecular flexibility index (Phi) is 4.01. The lowest BCUT2D eigenvalue weighted by atomic mass is 9.72. The molecule has 0 saturated heterocycles. The van der Waals surface area contributed by atoms with Crippen LogP contribution in [0.5, 0.6) is 0 Å². The fourth-order valence-corrected chi connectivity index (χ4v) is 4.79. The lowest BCUT2D eigenvalue weighted by Crippen LogP contribution is -2.48. The van der Waals surface area contributed by atoms with Crippen molar-refractivity contribution in [3.63, 3.8) is 0 Å². The molecule has 0 radical (unpaired) electrons. The monoisotopic (exact) mass is 415 g/mol. The molecule has 156 valence electrons. The van der Waals surface area contributed by atoms with E-state index in [0.29, 0.717) is 22.6 Å². The fourth-order valence-electron chi connectivity index (χ4n) is 4.79. The minimum Gasteiger partial charge on any atom is -0.368 e. The largest absolute Gasteiger partial charge is 0.368 e. The predicted octanol–water partition coefficient (Wildman–Crippen LogP) is 1.95. The Morgan fingerprint density at radius 1 is 1.13 bits per heavy atom. The summed E-state index contributed by atoms with van der Waals surface area (Å²) in [6.45, 7) is 3.73. The van der Waals surface area contributed by atoms with Crippen LogP contribution in [0.3, 0.4) is 0 Å². The third-order valence-electron chi connectivity index (χ3n) is 6.07. The van der Waals surface area contributed by atoms with Gasteiger partial charge < -0.3 is 16.0 Å². The summed E-state index contributed by atoms with van der Waals surface area (Å²) in [6, 6.07) is 13.2. The summed E-state index contributed by atoms with van der Waals surface area (Å²) in [4.78, 5) is 39.7. The molecule has 0 fully saturated rings. The highest BCUT2D eigenvalue weighted by Crippen LogP contribution is 2.52. The molecular formula is C23H21N5O3. The average Bonchev–Trinajstić information content (AvgIpc) is 3.22. The third-order valence-corrected chi connectivity index (χ3v) is 6.07. The van der Waals surface area contributed by atoms with Crippen LogP contribution < -0.4 is 16.0 Å². The van der Waals surface area contributed by atoms with Crippen LogP contribution in [0.25, 0.3) is 5.69 Å². The number of anilines is 2. The summed E-state index contributed by atoms with van der Waals surface area (Å²) in [7, 11) is 0. The number of hydrogen-bond donors (Lipinski definition) is 2. The van der Waals surface area contributed by atoms with Gasteiger partial charge in [-0.15, -0.1) is 0 Å². The molecule has 3 heterocycles. The number of hydrogen-bond acceptors (Lipinski definition) is 4. The summed E-state index contributed by atoms with van der Waals surface area (Å²) in [5, 5.41) is 7.45. The van der Waals surface area contributed by atoms with Gasteiger partial charge in [0.2, 0.25) is 17.7 Å². The molecule has 1 atom stereocenters. The molecule has 8 heteroatoms. The maximum Gasteiger partial charge on any atom is 0.243 e.